The molecule has 0 bridgehead atoms. The lowest BCUT2D eigenvalue weighted by Crippen LogP contribution is -2.03. The van der Waals surface area contributed by atoms with Gasteiger partial charge >= 0.3 is 0 Å². The Bertz CT molecular complexity index is 879. The zero-order chi connectivity index (χ0) is 17.5. The summed E-state index contributed by atoms with van der Waals surface area (Å²) in [7, 11) is 0. The standard InChI is InChI=1S/C21H18N4/c22-12-17-6-4-16(5-7-17)2-1-3-20(21-14-24-15-25-21)19-10-8-18(13-23)9-11-19/h4-11,14-15,20H,1-3H2,(H,24,25). The lowest BCUT2D eigenvalue weighted by molar-refractivity contribution is 0.650. The van der Waals surface area contributed by atoms with Crippen LogP contribution in [0, 0.1) is 22.7 Å². The molecular weight excluding hydrogens is 308 g/mol. The van der Waals surface area contributed by atoms with Crippen molar-refractivity contribution in [1.82, 2.24) is 9.97 Å². The third-order valence-electron chi connectivity index (χ3n) is 4.36. The van der Waals surface area contributed by atoms with Crippen LogP contribution in [0.3, 0.4) is 0 Å². The molecule has 1 N–H and O–H groups in total. The Hall–Kier alpha value is -3.37. The molecule has 0 saturated heterocycles. The fourth-order valence-corrected chi connectivity index (χ4v) is 2.99. The van der Waals surface area contributed by atoms with Gasteiger partial charge in [-0.25, -0.2) is 4.98 Å². The molecule has 0 aliphatic heterocycles. The van der Waals surface area contributed by atoms with Crippen molar-refractivity contribution < 1.29 is 0 Å². The van der Waals surface area contributed by atoms with Gasteiger partial charge in [-0.2, -0.15) is 10.5 Å². The van der Waals surface area contributed by atoms with Crippen LogP contribution in [0.2, 0.25) is 0 Å². The van der Waals surface area contributed by atoms with Crippen LogP contribution in [0.25, 0.3) is 0 Å². The molecule has 2 aromatic carbocycles. The lowest BCUT2D eigenvalue weighted by Gasteiger charge is -2.15. The van der Waals surface area contributed by atoms with E-state index in [9.17, 15) is 0 Å². The molecule has 0 radical (unpaired) electrons. The second-order valence-electron chi connectivity index (χ2n) is 5.98. The Kier molecular flexibility index (Phi) is 5.24. The summed E-state index contributed by atoms with van der Waals surface area (Å²) in [6, 6.07) is 19.8. The van der Waals surface area contributed by atoms with Gasteiger partial charge in [-0.15, -0.1) is 0 Å². The quantitative estimate of drug-likeness (QED) is 0.733. The third-order valence-corrected chi connectivity index (χ3v) is 4.36. The smallest absolute Gasteiger partial charge is 0.0991 e. The number of nitrogens with zero attached hydrogens (tertiary/aromatic N) is 3. The molecule has 122 valence electrons. The van der Waals surface area contributed by atoms with Crippen molar-refractivity contribution in [2.75, 3.05) is 0 Å². The maximum Gasteiger partial charge on any atom is 0.0991 e. The molecule has 0 fully saturated rings. The Morgan fingerprint density at radius 3 is 2.12 bits per heavy atom. The zero-order valence-corrected chi connectivity index (χ0v) is 13.8. The SMILES string of the molecule is N#Cc1ccc(CCCC(c2ccc(C#N)cc2)c2c[nH]cn2)cc1. The summed E-state index contributed by atoms with van der Waals surface area (Å²) in [5, 5.41) is 17.8. The molecule has 0 spiro atoms. The largest absolute Gasteiger partial charge is 0.351 e. The fourth-order valence-electron chi connectivity index (χ4n) is 2.99. The molecule has 1 aromatic heterocycles. The van der Waals surface area contributed by atoms with Gasteiger partial charge in [0.1, 0.15) is 0 Å². The van der Waals surface area contributed by atoms with E-state index in [0.29, 0.717) is 11.1 Å². The van der Waals surface area contributed by atoms with Gasteiger partial charge in [-0.05, 0) is 54.7 Å². The summed E-state index contributed by atoms with van der Waals surface area (Å²) in [6.45, 7) is 0. The average Bonchev–Trinajstić information content (AvgIpc) is 3.20. The summed E-state index contributed by atoms with van der Waals surface area (Å²) in [6.07, 6.45) is 6.58. The number of aryl methyl sites for hydroxylation is 1. The van der Waals surface area contributed by atoms with Gasteiger partial charge in [0, 0.05) is 12.1 Å². The Labute approximate surface area is 147 Å². The van der Waals surface area contributed by atoms with E-state index >= 15 is 0 Å². The van der Waals surface area contributed by atoms with Crippen LogP contribution in [0.15, 0.2) is 61.1 Å². The Morgan fingerprint density at radius 1 is 0.920 bits per heavy atom. The van der Waals surface area contributed by atoms with Crippen LogP contribution in [0.1, 0.15) is 46.7 Å². The lowest BCUT2D eigenvalue weighted by atomic mass is 9.89. The van der Waals surface area contributed by atoms with E-state index in [1.54, 1.807) is 6.33 Å². The van der Waals surface area contributed by atoms with Gasteiger partial charge in [0.25, 0.3) is 0 Å². The third kappa shape index (κ3) is 4.13. The molecule has 4 heteroatoms. The van der Waals surface area contributed by atoms with Crippen LogP contribution >= 0.6 is 0 Å². The highest BCUT2D eigenvalue weighted by atomic mass is 14.9. The van der Waals surface area contributed by atoms with Gasteiger partial charge in [0.05, 0.1) is 35.3 Å². The highest BCUT2D eigenvalue weighted by Gasteiger charge is 2.16. The molecular formula is C21H18N4. The van der Waals surface area contributed by atoms with E-state index < -0.39 is 0 Å². The van der Waals surface area contributed by atoms with Crippen LogP contribution in [-0.2, 0) is 6.42 Å². The molecule has 3 rings (SSSR count). The maximum absolute atomic E-state index is 8.97. The van der Waals surface area contributed by atoms with Crippen molar-refractivity contribution in [2.45, 2.75) is 25.2 Å². The molecule has 25 heavy (non-hydrogen) atoms. The summed E-state index contributed by atoms with van der Waals surface area (Å²) >= 11 is 0. The molecule has 1 atom stereocenters. The maximum atomic E-state index is 8.97. The van der Waals surface area contributed by atoms with E-state index in [0.717, 1.165) is 25.0 Å². The molecule has 4 nitrogen and oxygen atoms in total. The second-order valence-corrected chi connectivity index (χ2v) is 5.98. The highest BCUT2D eigenvalue weighted by molar-refractivity contribution is 5.36. The molecule has 0 aliphatic rings. The first-order valence-corrected chi connectivity index (χ1v) is 8.28. The summed E-state index contributed by atoms with van der Waals surface area (Å²) < 4.78 is 0. The number of rotatable bonds is 6. The Balaban J connectivity index is 1.70. The number of hydrogen-bond donors (Lipinski definition) is 1. The number of hydrogen-bond acceptors (Lipinski definition) is 3. The first-order chi connectivity index (χ1) is 12.3. The van der Waals surface area contributed by atoms with Crippen LogP contribution < -0.4 is 0 Å². The van der Waals surface area contributed by atoms with Crippen molar-refractivity contribution in [3.63, 3.8) is 0 Å². The molecule has 1 heterocycles. The minimum atomic E-state index is 0.206. The summed E-state index contributed by atoms with van der Waals surface area (Å²) in [4.78, 5) is 7.46. The van der Waals surface area contributed by atoms with Gasteiger partial charge < -0.3 is 4.98 Å². The highest BCUT2D eigenvalue weighted by Crippen LogP contribution is 2.28. The van der Waals surface area contributed by atoms with E-state index in [2.05, 4.69) is 22.1 Å². The number of H-pyrrole nitrogens is 1. The number of imidazole rings is 1. The molecule has 0 amide bonds. The minimum Gasteiger partial charge on any atom is -0.351 e. The van der Waals surface area contributed by atoms with E-state index in [4.69, 9.17) is 10.5 Å². The predicted octanol–water partition coefficient (Wildman–Crippen LogP) is 4.31. The van der Waals surface area contributed by atoms with Gasteiger partial charge in [0.2, 0.25) is 0 Å². The van der Waals surface area contributed by atoms with Gasteiger partial charge in [-0.3, -0.25) is 0 Å². The van der Waals surface area contributed by atoms with E-state index in [1.807, 2.05) is 54.7 Å². The first kappa shape index (κ1) is 16.5. The van der Waals surface area contributed by atoms with Gasteiger partial charge in [0.15, 0.2) is 0 Å². The number of nitriles is 2. The first-order valence-electron chi connectivity index (χ1n) is 8.28. The number of nitrogens with one attached hydrogen (secondary N) is 1. The van der Waals surface area contributed by atoms with E-state index in [-0.39, 0.29) is 5.92 Å². The van der Waals surface area contributed by atoms with Crippen molar-refractivity contribution in [3.05, 3.63) is 89.0 Å². The van der Waals surface area contributed by atoms with Crippen molar-refractivity contribution in [3.8, 4) is 12.1 Å². The van der Waals surface area contributed by atoms with Crippen molar-refractivity contribution in [1.29, 1.82) is 10.5 Å². The van der Waals surface area contributed by atoms with Crippen LogP contribution in [-0.4, -0.2) is 9.97 Å². The zero-order valence-electron chi connectivity index (χ0n) is 13.8. The fraction of sp³-hybridized carbons (Fsp3) is 0.190. The average molecular weight is 326 g/mol. The predicted molar refractivity (Wildman–Crippen MR) is 95.7 cm³/mol. The summed E-state index contributed by atoms with van der Waals surface area (Å²) in [5.74, 6) is 0.206. The topological polar surface area (TPSA) is 76.3 Å². The minimum absolute atomic E-state index is 0.206. The van der Waals surface area contributed by atoms with Crippen molar-refractivity contribution in [2.24, 2.45) is 0 Å². The van der Waals surface area contributed by atoms with Crippen molar-refractivity contribution >= 4 is 0 Å². The normalized spacial score (nSPS) is 11.4. The Morgan fingerprint density at radius 2 is 1.56 bits per heavy atom. The number of aromatic nitrogens is 2. The van der Waals surface area contributed by atoms with Crippen LogP contribution in [0.5, 0.6) is 0 Å². The molecule has 0 saturated carbocycles. The van der Waals surface area contributed by atoms with Gasteiger partial charge in [-0.1, -0.05) is 24.3 Å². The van der Waals surface area contributed by atoms with E-state index in [1.165, 1.54) is 11.1 Å². The number of benzene rings is 2. The molecule has 1 unspecified atom stereocenters. The molecule has 0 aliphatic carbocycles. The monoisotopic (exact) mass is 326 g/mol. The second kappa shape index (κ2) is 7.95. The molecule has 3 aromatic rings. The number of aromatic amines is 1. The summed E-state index contributed by atoms with van der Waals surface area (Å²) in [5.41, 5.74) is 4.79. The van der Waals surface area contributed by atoms with Crippen LogP contribution in [0.4, 0.5) is 0 Å².